The van der Waals surface area contributed by atoms with E-state index < -0.39 is 0 Å². The molecule has 4 aromatic heterocycles. The van der Waals surface area contributed by atoms with E-state index in [1.807, 2.05) is 60.7 Å². The molecule has 12 rings (SSSR count). The van der Waals surface area contributed by atoms with Gasteiger partial charge in [-0.3, -0.25) is 9.59 Å². The van der Waals surface area contributed by atoms with E-state index in [1.165, 1.54) is 0 Å². The summed E-state index contributed by atoms with van der Waals surface area (Å²) in [5.41, 5.74) is 5.05. The third-order valence-corrected chi connectivity index (χ3v) is 14.8. The predicted molar refractivity (Wildman–Crippen MR) is 280 cm³/mol. The molecule has 2 N–H and O–H groups in total. The summed E-state index contributed by atoms with van der Waals surface area (Å²) in [5.74, 6) is 2.79. The van der Waals surface area contributed by atoms with E-state index >= 15 is 0 Å². The van der Waals surface area contributed by atoms with E-state index in [9.17, 15) is 9.59 Å². The lowest BCUT2D eigenvalue weighted by atomic mass is 10.0. The number of anilines is 4. The van der Waals surface area contributed by atoms with E-state index in [4.69, 9.17) is 58.3 Å². The number of ether oxygens (including phenoxy) is 6. The summed E-state index contributed by atoms with van der Waals surface area (Å²) in [7, 11) is 3.26. The number of hydrogen-bond donors (Lipinski definition) is 2. The second-order valence-electron chi connectivity index (χ2n) is 19.9. The van der Waals surface area contributed by atoms with Gasteiger partial charge < -0.3 is 58.7 Å². The number of pyridine rings is 2. The Kier molecular flexibility index (Phi) is 14.2. The van der Waals surface area contributed by atoms with Gasteiger partial charge in [-0.15, -0.1) is 0 Å². The van der Waals surface area contributed by atoms with Crippen molar-refractivity contribution in [2.75, 3.05) is 139 Å². The summed E-state index contributed by atoms with van der Waals surface area (Å²) in [5, 5.41) is 7.16. The lowest BCUT2D eigenvalue weighted by molar-refractivity contribution is -0.0584. The first-order valence-electron chi connectivity index (χ1n) is 25.8. The number of amides is 2. The van der Waals surface area contributed by atoms with E-state index in [-0.39, 0.29) is 35.1 Å². The molecule has 6 saturated heterocycles. The first-order chi connectivity index (χ1) is 36.1. The van der Waals surface area contributed by atoms with Crippen LogP contribution in [0.4, 0.5) is 23.5 Å². The number of hydrogen-bond acceptors (Lipinski definition) is 18. The molecule has 6 fully saturated rings. The largest absolute Gasteiger partial charge is 0.378 e. The van der Waals surface area contributed by atoms with Crippen LogP contribution in [0.2, 0.25) is 0 Å². The molecule has 6 aliphatic rings. The van der Waals surface area contributed by atoms with Crippen molar-refractivity contribution in [2.24, 2.45) is 0 Å². The monoisotopic (exact) mass is 1010 g/mol. The number of fused-ring (bicyclic) bond motifs is 2. The smallest absolute Gasteiger partial charge is 0.251 e. The third kappa shape index (κ3) is 10.1. The van der Waals surface area contributed by atoms with Crippen LogP contribution in [0.5, 0.6) is 0 Å². The average molecular weight is 1010 g/mol. The molecule has 0 saturated carbocycles. The number of carbonyl (C=O) groups is 2. The molecule has 10 heterocycles. The zero-order valence-electron chi connectivity index (χ0n) is 42.5. The highest BCUT2D eigenvalue weighted by Gasteiger charge is 2.43. The van der Waals surface area contributed by atoms with Gasteiger partial charge in [0.25, 0.3) is 11.8 Å². The first kappa shape index (κ1) is 49.5. The van der Waals surface area contributed by atoms with Crippen molar-refractivity contribution in [3.05, 3.63) is 83.9 Å². The van der Waals surface area contributed by atoms with E-state index in [0.717, 1.165) is 70.9 Å². The Morgan fingerprint density at radius 1 is 0.541 bits per heavy atom. The molecule has 6 aliphatic heterocycles. The summed E-state index contributed by atoms with van der Waals surface area (Å²) in [4.78, 5) is 63.4. The lowest BCUT2D eigenvalue weighted by Gasteiger charge is -2.40. The van der Waals surface area contributed by atoms with Gasteiger partial charge in [-0.1, -0.05) is 24.3 Å². The molecular weight excluding hydrogens is 945 g/mol. The van der Waals surface area contributed by atoms with Crippen molar-refractivity contribution in [1.29, 1.82) is 0 Å². The molecule has 2 amide bonds. The number of rotatable bonds is 8. The molecule has 2 spiro atoms. The maximum atomic E-state index is 12.2. The van der Waals surface area contributed by atoms with Crippen molar-refractivity contribution in [3.63, 3.8) is 0 Å². The minimum Gasteiger partial charge on any atom is -0.378 e. The second-order valence-corrected chi connectivity index (χ2v) is 19.9. The van der Waals surface area contributed by atoms with Gasteiger partial charge in [0.15, 0.2) is 11.3 Å². The zero-order chi connectivity index (χ0) is 50.8. The number of carbonyl (C=O) groups excluding carboxylic acids is 2. The number of nitrogens with zero attached hydrogens (tertiary/aromatic N) is 10. The fraction of sp³-hybridized carbons (Fsp3) is 0.481. The van der Waals surface area contributed by atoms with Crippen molar-refractivity contribution in [1.82, 2.24) is 40.5 Å². The molecule has 6 aromatic rings. The normalized spacial score (nSPS) is 24.1. The summed E-state index contributed by atoms with van der Waals surface area (Å²) >= 11 is 0. The van der Waals surface area contributed by atoms with Crippen LogP contribution in [-0.2, 0) is 28.4 Å². The van der Waals surface area contributed by atoms with Crippen molar-refractivity contribution in [2.45, 2.75) is 50.0 Å². The fourth-order valence-electron chi connectivity index (χ4n) is 10.7. The molecule has 0 aliphatic carbocycles. The summed E-state index contributed by atoms with van der Waals surface area (Å²) in [6.45, 7) is 15.0. The van der Waals surface area contributed by atoms with Crippen LogP contribution >= 0.6 is 0 Å². The predicted octanol–water partition coefficient (Wildman–Crippen LogP) is 4.54. The van der Waals surface area contributed by atoms with Gasteiger partial charge in [0.05, 0.1) is 100 Å². The van der Waals surface area contributed by atoms with Crippen LogP contribution in [-0.4, -0.2) is 184 Å². The van der Waals surface area contributed by atoms with Crippen molar-refractivity contribution in [3.8, 4) is 22.5 Å². The number of morpholine rings is 4. The molecule has 0 radical (unpaired) electrons. The lowest BCUT2D eigenvalue weighted by Crippen LogP contribution is -2.53. The van der Waals surface area contributed by atoms with E-state index in [0.29, 0.717) is 127 Å². The van der Waals surface area contributed by atoms with Gasteiger partial charge in [-0.2, -0.15) is 19.9 Å². The maximum absolute atomic E-state index is 12.2. The third-order valence-electron chi connectivity index (χ3n) is 14.8. The van der Waals surface area contributed by atoms with Gasteiger partial charge in [-0.25, -0.2) is 9.97 Å². The van der Waals surface area contributed by atoms with Crippen LogP contribution in [0.1, 0.15) is 47.4 Å². The Labute approximate surface area is 430 Å². The molecule has 20 nitrogen and oxygen atoms in total. The Balaban J connectivity index is 0.000000159. The van der Waals surface area contributed by atoms with Crippen molar-refractivity contribution >= 4 is 57.4 Å². The topological polar surface area (TPSA) is 204 Å². The van der Waals surface area contributed by atoms with E-state index in [2.05, 4.69) is 44.1 Å². The molecule has 388 valence electrons. The highest BCUT2D eigenvalue weighted by Crippen LogP contribution is 2.36. The Morgan fingerprint density at radius 3 is 1.41 bits per heavy atom. The Morgan fingerprint density at radius 2 is 1.00 bits per heavy atom. The Bertz CT molecular complexity index is 2820. The highest BCUT2D eigenvalue weighted by molar-refractivity contribution is 5.97. The molecule has 20 heteroatoms. The van der Waals surface area contributed by atoms with Crippen LogP contribution in [0, 0.1) is 0 Å². The second kappa shape index (κ2) is 21.3. The molecule has 4 atom stereocenters. The van der Waals surface area contributed by atoms with Gasteiger partial charge >= 0.3 is 0 Å². The van der Waals surface area contributed by atoms with E-state index in [1.54, 1.807) is 26.2 Å². The zero-order valence-corrected chi connectivity index (χ0v) is 42.5. The van der Waals surface area contributed by atoms with Crippen LogP contribution in [0.15, 0.2) is 72.8 Å². The number of benzene rings is 2. The fourth-order valence-corrected chi connectivity index (χ4v) is 10.7. The van der Waals surface area contributed by atoms with Gasteiger partial charge in [-0.05, 0) is 62.4 Å². The minimum atomic E-state index is -0.307. The Hall–Kier alpha value is -6.68. The number of aromatic nitrogens is 6. The van der Waals surface area contributed by atoms with Gasteiger partial charge in [0.2, 0.25) is 11.9 Å². The minimum absolute atomic E-state index is 0.131. The van der Waals surface area contributed by atoms with Crippen LogP contribution < -0.4 is 30.2 Å². The molecule has 0 unspecified atom stereocenters. The quantitative estimate of drug-likeness (QED) is 0.215. The van der Waals surface area contributed by atoms with Crippen LogP contribution in [0.3, 0.4) is 0 Å². The summed E-state index contributed by atoms with van der Waals surface area (Å²) in [6, 6.07) is 23.3. The molecular formula is C54H64N12O8. The van der Waals surface area contributed by atoms with Gasteiger partial charge in [0, 0.05) is 88.6 Å². The standard InChI is InChI=1S/2C27H32N6O4/c2*1-18-15-35-12-10-33(18)24-21-6-7-22(19-4-3-5-20(14-19)25(34)28-2)29-23(21)30-26(31-24)32-9-13-37-27(16-32)8-11-36-17-27/h2*3-7,14,18H,8-13,15-17H2,1-2H3,(H,28,34)/t18-,27+;18-,27-/m00/s1. The molecule has 74 heavy (non-hydrogen) atoms. The van der Waals surface area contributed by atoms with Gasteiger partial charge in [0.1, 0.15) is 22.8 Å². The number of nitrogens with one attached hydrogen (secondary N) is 2. The first-order valence-corrected chi connectivity index (χ1v) is 25.8. The summed E-state index contributed by atoms with van der Waals surface area (Å²) in [6.07, 6.45) is 1.74. The highest BCUT2D eigenvalue weighted by atomic mass is 16.6. The summed E-state index contributed by atoms with van der Waals surface area (Å²) < 4.78 is 35.0. The molecule has 2 aromatic carbocycles. The SMILES string of the molecule is CNC(=O)c1cccc(-c2ccc3c(N4CCOC[C@@H]4C)nc(N4CCO[C@@]5(CCOC5)C4)nc3n2)c1.CNC(=O)c1cccc(-c2ccc3c(N4CCOC[C@@H]4C)nc(N4CCO[C@]5(CCOC5)C4)nc3n2)c1. The average Bonchev–Trinajstić information content (AvgIpc) is 4.10. The van der Waals surface area contributed by atoms with Crippen molar-refractivity contribution < 1.29 is 38.0 Å². The molecule has 0 bridgehead atoms. The van der Waals surface area contributed by atoms with Crippen LogP contribution in [0.25, 0.3) is 44.6 Å². The maximum Gasteiger partial charge on any atom is 0.251 e.